The van der Waals surface area contributed by atoms with E-state index in [9.17, 15) is 14.9 Å². The van der Waals surface area contributed by atoms with Gasteiger partial charge >= 0.3 is 0 Å². The maximum atomic E-state index is 12.5. The molecule has 0 atom stereocenters. The van der Waals surface area contributed by atoms with E-state index >= 15 is 0 Å². The van der Waals surface area contributed by atoms with Gasteiger partial charge in [-0.1, -0.05) is 60.1 Å². The van der Waals surface area contributed by atoms with Crippen LogP contribution in [0.15, 0.2) is 84.4 Å². The number of benzene rings is 3. The summed E-state index contributed by atoms with van der Waals surface area (Å²) in [5.41, 5.74) is 1.87. The summed E-state index contributed by atoms with van der Waals surface area (Å²) in [5, 5.41) is 15.3. The van der Waals surface area contributed by atoms with Crippen molar-refractivity contribution in [2.24, 2.45) is 0 Å². The SMILES string of the molecule is N#C/C(=C\c1cc(Cl)ccc1OCC(=O)Nc1ccccc1)C(=O)NCc1ccccc1. The van der Waals surface area contributed by atoms with Gasteiger partial charge in [0, 0.05) is 22.8 Å². The van der Waals surface area contributed by atoms with Crippen LogP contribution in [0.3, 0.4) is 0 Å². The number of para-hydroxylation sites is 1. The zero-order valence-electron chi connectivity index (χ0n) is 17.0. The number of amides is 2. The number of carbonyl (C=O) groups excluding carboxylic acids is 2. The zero-order chi connectivity index (χ0) is 22.8. The van der Waals surface area contributed by atoms with Gasteiger partial charge in [0.25, 0.3) is 11.8 Å². The fraction of sp³-hybridized carbons (Fsp3) is 0.0800. The number of nitrogens with zero attached hydrogens (tertiary/aromatic N) is 1. The predicted molar refractivity (Wildman–Crippen MR) is 124 cm³/mol. The number of carbonyl (C=O) groups is 2. The van der Waals surface area contributed by atoms with E-state index in [2.05, 4.69) is 10.6 Å². The van der Waals surface area contributed by atoms with Crippen LogP contribution in [0.5, 0.6) is 5.75 Å². The lowest BCUT2D eigenvalue weighted by molar-refractivity contribution is -0.118. The van der Waals surface area contributed by atoms with Gasteiger partial charge in [-0.05, 0) is 42.0 Å². The van der Waals surface area contributed by atoms with Crippen LogP contribution in [-0.2, 0) is 16.1 Å². The molecule has 0 unspecified atom stereocenters. The van der Waals surface area contributed by atoms with Crippen LogP contribution in [0.2, 0.25) is 5.02 Å². The minimum atomic E-state index is -0.524. The molecule has 0 radical (unpaired) electrons. The van der Waals surface area contributed by atoms with E-state index in [4.69, 9.17) is 16.3 Å². The predicted octanol–water partition coefficient (Wildman–Crippen LogP) is 4.58. The summed E-state index contributed by atoms with van der Waals surface area (Å²) in [6, 6.07) is 25.0. The number of rotatable bonds is 8. The van der Waals surface area contributed by atoms with Gasteiger partial charge in [-0.2, -0.15) is 5.26 Å². The van der Waals surface area contributed by atoms with Crippen LogP contribution < -0.4 is 15.4 Å². The molecule has 3 aromatic carbocycles. The monoisotopic (exact) mass is 445 g/mol. The van der Waals surface area contributed by atoms with E-state index in [0.29, 0.717) is 22.0 Å². The van der Waals surface area contributed by atoms with E-state index in [1.165, 1.54) is 6.08 Å². The van der Waals surface area contributed by atoms with Crippen LogP contribution in [-0.4, -0.2) is 18.4 Å². The van der Waals surface area contributed by atoms with Crippen molar-refractivity contribution < 1.29 is 14.3 Å². The van der Waals surface area contributed by atoms with Crippen molar-refractivity contribution >= 4 is 35.2 Å². The molecule has 0 aromatic heterocycles. The molecule has 0 aliphatic rings. The molecule has 160 valence electrons. The summed E-state index contributed by atoms with van der Waals surface area (Å²) >= 11 is 6.09. The second-order valence-electron chi connectivity index (χ2n) is 6.72. The molecule has 0 heterocycles. The average Bonchev–Trinajstić information content (AvgIpc) is 2.81. The third-order valence-corrected chi connectivity index (χ3v) is 4.58. The summed E-state index contributed by atoms with van der Waals surface area (Å²) in [6.45, 7) is 0.0384. The lowest BCUT2D eigenvalue weighted by Gasteiger charge is -2.11. The first-order chi connectivity index (χ1) is 15.5. The van der Waals surface area contributed by atoms with Crippen molar-refractivity contribution in [1.29, 1.82) is 5.26 Å². The summed E-state index contributed by atoms with van der Waals surface area (Å²) in [5.74, 6) is -0.549. The molecule has 0 spiro atoms. The minimum Gasteiger partial charge on any atom is -0.483 e. The van der Waals surface area contributed by atoms with Crippen LogP contribution in [0, 0.1) is 11.3 Å². The van der Waals surface area contributed by atoms with Crippen molar-refractivity contribution in [2.75, 3.05) is 11.9 Å². The standard InChI is InChI=1S/C25H20ClN3O3/c26-21-11-12-23(32-17-24(30)29-22-9-5-2-6-10-22)19(14-21)13-20(15-27)25(31)28-16-18-7-3-1-4-8-18/h1-14H,16-17H2,(H,28,31)(H,29,30)/b20-13+. The molecule has 6 nitrogen and oxygen atoms in total. The number of hydrogen-bond donors (Lipinski definition) is 2. The maximum absolute atomic E-state index is 12.5. The summed E-state index contributed by atoms with van der Waals surface area (Å²) in [4.78, 5) is 24.7. The molecule has 2 amide bonds. The second-order valence-corrected chi connectivity index (χ2v) is 7.16. The molecule has 0 fully saturated rings. The Morgan fingerprint density at radius 2 is 1.69 bits per heavy atom. The third kappa shape index (κ3) is 6.73. The molecule has 0 saturated heterocycles. The highest BCUT2D eigenvalue weighted by atomic mass is 35.5. The van der Waals surface area contributed by atoms with Crippen molar-refractivity contribution in [2.45, 2.75) is 6.54 Å². The van der Waals surface area contributed by atoms with Gasteiger partial charge in [0.15, 0.2) is 6.61 Å². The highest BCUT2D eigenvalue weighted by molar-refractivity contribution is 6.30. The molecule has 0 aliphatic heterocycles. The quantitative estimate of drug-likeness (QED) is 0.392. The molecule has 7 heteroatoms. The number of hydrogen-bond acceptors (Lipinski definition) is 4. The van der Waals surface area contributed by atoms with E-state index in [-0.39, 0.29) is 24.6 Å². The lowest BCUT2D eigenvalue weighted by Crippen LogP contribution is -2.24. The van der Waals surface area contributed by atoms with Gasteiger partial charge in [0.05, 0.1) is 0 Å². The van der Waals surface area contributed by atoms with Crippen LogP contribution in [0.1, 0.15) is 11.1 Å². The Kier molecular flexibility index (Phi) is 8.02. The number of nitrogens with one attached hydrogen (secondary N) is 2. The zero-order valence-corrected chi connectivity index (χ0v) is 17.8. The van der Waals surface area contributed by atoms with Crippen molar-refractivity contribution in [3.05, 3.63) is 101 Å². The Morgan fingerprint density at radius 3 is 2.38 bits per heavy atom. The Labute approximate surface area is 191 Å². The molecule has 0 saturated carbocycles. The van der Waals surface area contributed by atoms with Crippen LogP contribution in [0.4, 0.5) is 5.69 Å². The summed E-state index contributed by atoms with van der Waals surface area (Å²) < 4.78 is 5.62. The van der Waals surface area contributed by atoms with Crippen molar-refractivity contribution in [3.8, 4) is 11.8 Å². The Balaban J connectivity index is 1.69. The number of halogens is 1. The third-order valence-electron chi connectivity index (χ3n) is 4.35. The van der Waals surface area contributed by atoms with E-state index < -0.39 is 5.91 Å². The number of anilines is 1. The summed E-state index contributed by atoms with van der Waals surface area (Å²) in [6.07, 6.45) is 1.39. The van der Waals surface area contributed by atoms with Gasteiger partial charge in [0.1, 0.15) is 17.4 Å². The topological polar surface area (TPSA) is 91.2 Å². The summed E-state index contributed by atoms with van der Waals surface area (Å²) in [7, 11) is 0. The number of ether oxygens (including phenoxy) is 1. The van der Waals surface area contributed by atoms with E-state index in [1.54, 1.807) is 30.3 Å². The highest BCUT2D eigenvalue weighted by Gasteiger charge is 2.12. The highest BCUT2D eigenvalue weighted by Crippen LogP contribution is 2.25. The molecule has 32 heavy (non-hydrogen) atoms. The fourth-order valence-corrected chi connectivity index (χ4v) is 2.98. The van der Waals surface area contributed by atoms with Crippen molar-refractivity contribution in [1.82, 2.24) is 5.32 Å². The average molecular weight is 446 g/mol. The molecule has 0 aliphatic carbocycles. The maximum Gasteiger partial charge on any atom is 0.262 e. The normalized spacial score (nSPS) is 10.7. The first-order valence-corrected chi connectivity index (χ1v) is 10.1. The van der Waals surface area contributed by atoms with Gasteiger partial charge in [-0.3, -0.25) is 9.59 Å². The van der Waals surface area contributed by atoms with Crippen molar-refractivity contribution in [3.63, 3.8) is 0 Å². The lowest BCUT2D eigenvalue weighted by atomic mass is 10.1. The van der Waals surface area contributed by atoms with Gasteiger partial charge in [0.2, 0.25) is 0 Å². The molecular weight excluding hydrogens is 426 g/mol. The molecule has 3 aromatic rings. The Morgan fingerprint density at radius 1 is 1.00 bits per heavy atom. The Hall–Kier alpha value is -4.08. The molecule has 3 rings (SSSR count). The fourth-order valence-electron chi connectivity index (χ4n) is 2.80. The van der Waals surface area contributed by atoms with Gasteiger partial charge in [-0.25, -0.2) is 0 Å². The second kappa shape index (κ2) is 11.3. The molecular formula is C25H20ClN3O3. The number of nitriles is 1. The van der Waals surface area contributed by atoms with Gasteiger partial charge < -0.3 is 15.4 Å². The van der Waals surface area contributed by atoms with E-state index in [0.717, 1.165) is 5.56 Å². The smallest absolute Gasteiger partial charge is 0.262 e. The minimum absolute atomic E-state index is 0.109. The Bertz CT molecular complexity index is 1160. The first-order valence-electron chi connectivity index (χ1n) is 9.76. The first kappa shape index (κ1) is 22.6. The largest absolute Gasteiger partial charge is 0.483 e. The van der Waals surface area contributed by atoms with Gasteiger partial charge in [-0.15, -0.1) is 0 Å². The molecule has 0 bridgehead atoms. The van der Waals surface area contributed by atoms with Crippen LogP contribution in [0.25, 0.3) is 6.08 Å². The van der Waals surface area contributed by atoms with Crippen LogP contribution >= 0.6 is 11.6 Å². The molecule has 2 N–H and O–H groups in total. The van der Waals surface area contributed by atoms with E-state index in [1.807, 2.05) is 54.6 Å².